The topological polar surface area (TPSA) is 59.3 Å². The van der Waals surface area contributed by atoms with Gasteiger partial charge in [0, 0.05) is 23.8 Å². The third kappa shape index (κ3) is 4.52. The number of hydrogen-bond donors (Lipinski definition) is 2. The molecule has 0 saturated carbocycles. The van der Waals surface area contributed by atoms with Gasteiger partial charge in [0.1, 0.15) is 12.4 Å². The van der Waals surface area contributed by atoms with Gasteiger partial charge < -0.3 is 15.2 Å². The number of nitrogens with one attached hydrogen (secondary N) is 1. The largest absolute Gasteiger partial charge is 0.491 e. The molecule has 2 aromatic carbocycles. The Labute approximate surface area is 172 Å². The van der Waals surface area contributed by atoms with Gasteiger partial charge >= 0.3 is 0 Å². The number of ether oxygens (including phenoxy) is 1. The summed E-state index contributed by atoms with van der Waals surface area (Å²) in [7, 11) is 0. The summed E-state index contributed by atoms with van der Waals surface area (Å²) in [5.74, 6) is 0.789. The highest BCUT2D eigenvalue weighted by atomic mass is 16.5. The molecule has 1 aliphatic carbocycles. The molecule has 4 rings (SSSR count). The SMILES string of the molecule is Cc1cc(C)cc(-n2ncc3c2CCCC3NCc2ccc(OCCO)cc2)c1. The van der Waals surface area contributed by atoms with Crippen molar-refractivity contribution in [3.63, 3.8) is 0 Å². The predicted molar refractivity (Wildman–Crippen MR) is 115 cm³/mol. The molecule has 1 aromatic heterocycles. The first-order valence-electron chi connectivity index (χ1n) is 10.4. The molecule has 2 N–H and O–H groups in total. The molecular weight excluding hydrogens is 362 g/mol. The van der Waals surface area contributed by atoms with E-state index >= 15 is 0 Å². The van der Waals surface area contributed by atoms with Crippen molar-refractivity contribution in [1.82, 2.24) is 15.1 Å². The summed E-state index contributed by atoms with van der Waals surface area (Å²) in [6.45, 7) is 5.43. The van der Waals surface area contributed by atoms with Gasteiger partial charge in [-0.1, -0.05) is 18.2 Å². The average molecular weight is 392 g/mol. The molecule has 5 nitrogen and oxygen atoms in total. The Morgan fingerprint density at radius 2 is 1.90 bits per heavy atom. The van der Waals surface area contributed by atoms with Crippen LogP contribution in [0, 0.1) is 13.8 Å². The van der Waals surface area contributed by atoms with E-state index in [-0.39, 0.29) is 6.61 Å². The Hall–Kier alpha value is -2.63. The number of rotatable bonds is 7. The Morgan fingerprint density at radius 3 is 2.62 bits per heavy atom. The Balaban J connectivity index is 1.47. The first-order valence-corrected chi connectivity index (χ1v) is 10.4. The van der Waals surface area contributed by atoms with Crippen molar-refractivity contribution < 1.29 is 9.84 Å². The van der Waals surface area contributed by atoms with Gasteiger partial charge in [-0.3, -0.25) is 0 Å². The van der Waals surface area contributed by atoms with Crippen molar-refractivity contribution in [2.24, 2.45) is 0 Å². The summed E-state index contributed by atoms with van der Waals surface area (Å²) in [5, 5.41) is 17.3. The van der Waals surface area contributed by atoms with E-state index in [1.165, 1.54) is 27.9 Å². The smallest absolute Gasteiger partial charge is 0.119 e. The second kappa shape index (κ2) is 8.80. The highest BCUT2D eigenvalue weighted by Gasteiger charge is 2.24. The maximum atomic E-state index is 8.85. The van der Waals surface area contributed by atoms with Gasteiger partial charge in [-0.25, -0.2) is 4.68 Å². The summed E-state index contributed by atoms with van der Waals surface area (Å²) < 4.78 is 7.55. The van der Waals surface area contributed by atoms with Crippen LogP contribution in [0.15, 0.2) is 48.7 Å². The lowest BCUT2D eigenvalue weighted by Crippen LogP contribution is -2.25. The standard InChI is InChI=1S/C24H29N3O2/c1-17-12-18(2)14-20(13-17)27-24-5-3-4-23(22(24)16-26-27)25-15-19-6-8-21(9-7-19)29-11-10-28/h6-9,12-14,16,23,25,28H,3-5,10-11,15H2,1-2H3. The van der Waals surface area contributed by atoms with Crippen molar-refractivity contribution in [2.75, 3.05) is 13.2 Å². The fraction of sp³-hybridized carbons (Fsp3) is 0.375. The first-order chi connectivity index (χ1) is 14.1. The van der Waals surface area contributed by atoms with Crippen LogP contribution in [0.4, 0.5) is 0 Å². The van der Waals surface area contributed by atoms with Crippen LogP contribution in [0.1, 0.15) is 46.8 Å². The van der Waals surface area contributed by atoms with Crippen LogP contribution in [-0.4, -0.2) is 28.1 Å². The van der Waals surface area contributed by atoms with Crippen LogP contribution >= 0.6 is 0 Å². The third-order valence-electron chi connectivity index (χ3n) is 5.47. The highest BCUT2D eigenvalue weighted by Crippen LogP contribution is 2.31. The summed E-state index contributed by atoms with van der Waals surface area (Å²) in [6.07, 6.45) is 5.39. The van der Waals surface area contributed by atoms with Crippen molar-refractivity contribution in [2.45, 2.75) is 45.7 Å². The molecule has 29 heavy (non-hydrogen) atoms. The quantitative estimate of drug-likeness (QED) is 0.638. The minimum absolute atomic E-state index is 0.0309. The molecule has 0 aliphatic heterocycles. The lowest BCUT2D eigenvalue weighted by molar-refractivity contribution is 0.201. The maximum Gasteiger partial charge on any atom is 0.119 e. The molecule has 0 radical (unpaired) electrons. The van der Waals surface area contributed by atoms with E-state index in [0.29, 0.717) is 12.6 Å². The summed E-state index contributed by atoms with van der Waals surface area (Å²) in [6, 6.07) is 15.0. The van der Waals surface area contributed by atoms with Crippen molar-refractivity contribution in [3.05, 3.63) is 76.6 Å². The van der Waals surface area contributed by atoms with Crippen LogP contribution in [-0.2, 0) is 13.0 Å². The predicted octanol–water partition coefficient (Wildman–Crippen LogP) is 4.03. The van der Waals surface area contributed by atoms with E-state index in [0.717, 1.165) is 37.2 Å². The van der Waals surface area contributed by atoms with Gasteiger partial charge in [0.2, 0.25) is 0 Å². The molecule has 0 fully saturated rings. The minimum atomic E-state index is 0.0309. The van der Waals surface area contributed by atoms with Crippen molar-refractivity contribution in [3.8, 4) is 11.4 Å². The molecule has 1 heterocycles. The van der Waals surface area contributed by atoms with E-state index in [9.17, 15) is 0 Å². The fourth-order valence-corrected chi connectivity index (χ4v) is 4.17. The number of aryl methyl sites for hydroxylation is 2. The van der Waals surface area contributed by atoms with Crippen LogP contribution < -0.4 is 10.1 Å². The van der Waals surface area contributed by atoms with Gasteiger partial charge in [0.25, 0.3) is 0 Å². The lowest BCUT2D eigenvalue weighted by Gasteiger charge is -2.24. The number of aliphatic hydroxyl groups is 1. The summed E-state index contributed by atoms with van der Waals surface area (Å²) >= 11 is 0. The maximum absolute atomic E-state index is 8.85. The van der Waals surface area contributed by atoms with Gasteiger partial charge in [-0.15, -0.1) is 0 Å². The van der Waals surface area contributed by atoms with Crippen LogP contribution in [0.5, 0.6) is 5.75 Å². The van der Waals surface area contributed by atoms with Gasteiger partial charge in [0.05, 0.1) is 18.5 Å². The lowest BCUT2D eigenvalue weighted by atomic mass is 9.92. The van der Waals surface area contributed by atoms with E-state index in [1.54, 1.807) is 0 Å². The second-order valence-electron chi connectivity index (χ2n) is 7.85. The van der Waals surface area contributed by atoms with Crippen LogP contribution in [0.2, 0.25) is 0 Å². The molecule has 0 saturated heterocycles. The number of hydrogen-bond acceptors (Lipinski definition) is 4. The van der Waals surface area contributed by atoms with Crippen LogP contribution in [0.25, 0.3) is 5.69 Å². The second-order valence-corrected chi connectivity index (χ2v) is 7.85. The molecule has 1 atom stereocenters. The molecule has 1 aliphatic rings. The first kappa shape index (κ1) is 19.7. The number of aromatic nitrogens is 2. The van der Waals surface area contributed by atoms with E-state index in [4.69, 9.17) is 14.9 Å². The molecule has 1 unspecified atom stereocenters. The molecule has 0 spiro atoms. The summed E-state index contributed by atoms with van der Waals surface area (Å²) in [4.78, 5) is 0. The third-order valence-corrected chi connectivity index (χ3v) is 5.47. The van der Waals surface area contributed by atoms with Crippen molar-refractivity contribution in [1.29, 1.82) is 0 Å². The monoisotopic (exact) mass is 391 g/mol. The Morgan fingerprint density at radius 1 is 1.14 bits per heavy atom. The Kier molecular flexibility index (Phi) is 5.97. The molecule has 152 valence electrons. The molecule has 0 amide bonds. The normalized spacial score (nSPS) is 15.9. The van der Waals surface area contributed by atoms with E-state index in [2.05, 4.69) is 54.2 Å². The van der Waals surface area contributed by atoms with Gasteiger partial charge in [-0.2, -0.15) is 5.10 Å². The summed E-state index contributed by atoms with van der Waals surface area (Å²) in [5.41, 5.74) is 7.55. The van der Waals surface area contributed by atoms with E-state index in [1.807, 2.05) is 18.3 Å². The molecule has 0 bridgehead atoms. The number of nitrogens with zero attached hydrogens (tertiary/aromatic N) is 2. The van der Waals surface area contributed by atoms with Crippen LogP contribution in [0.3, 0.4) is 0 Å². The molecule has 5 heteroatoms. The van der Waals surface area contributed by atoms with Crippen molar-refractivity contribution >= 4 is 0 Å². The zero-order chi connectivity index (χ0) is 20.2. The number of benzene rings is 2. The molecular formula is C24H29N3O2. The highest BCUT2D eigenvalue weighted by molar-refractivity contribution is 5.42. The minimum Gasteiger partial charge on any atom is -0.491 e. The fourth-order valence-electron chi connectivity index (χ4n) is 4.17. The van der Waals surface area contributed by atoms with Gasteiger partial charge in [0.15, 0.2) is 0 Å². The Bertz CT molecular complexity index is 943. The van der Waals surface area contributed by atoms with E-state index < -0.39 is 0 Å². The zero-order valence-electron chi connectivity index (χ0n) is 17.2. The molecule has 3 aromatic rings. The number of aliphatic hydroxyl groups excluding tert-OH is 1. The van der Waals surface area contributed by atoms with Gasteiger partial charge in [-0.05, 0) is 74.1 Å². The number of fused-ring (bicyclic) bond motifs is 1. The average Bonchev–Trinajstić information content (AvgIpc) is 3.15. The zero-order valence-corrected chi connectivity index (χ0v) is 17.2.